The summed E-state index contributed by atoms with van der Waals surface area (Å²) >= 11 is 0. The second kappa shape index (κ2) is 7.69. The Bertz CT molecular complexity index is 819. The van der Waals surface area contributed by atoms with Gasteiger partial charge in [-0.2, -0.15) is 0 Å². The van der Waals surface area contributed by atoms with E-state index >= 15 is 0 Å². The Hall–Kier alpha value is -2.57. The number of rotatable bonds is 5. The number of hydrogen-bond acceptors (Lipinski definition) is 5. The highest BCUT2D eigenvalue weighted by Gasteiger charge is 2.53. The second-order valence-corrected chi connectivity index (χ2v) is 9.03. The lowest BCUT2D eigenvalue weighted by molar-refractivity contribution is -0.132. The number of nitrogens with zero attached hydrogens (tertiary/aromatic N) is 1. The third-order valence-corrected chi connectivity index (χ3v) is 6.32. The molecule has 1 aliphatic carbocycles. The Balaban J connectivity index is 1.75. The average molecular weight is 402 g/mol. The lowest BCUT2D eigenvalue weighted by atomic mass is 9.67. The Kier molecular flexibility index (Phi) is 5.61. The number of imide groups is 1. The van der Waals surface area contributed by atoms with E-state index in [2.05, 4.69) is 26.1 Å². The van der Waals surface area contributed by atoms with Gasteiger partial charge in [-0.05, 0) is 55.2 Å². The number of ketones is 1. The molecule has 1 aromatic rings. The minimum atomic E-state index is -0.877. The molecule has 0 unspecified atom stereocenters. The van der Waals surface area contributed by atoms with E-state index in [1.54, 1.807) is 18.2 Å². The van der Waals surface area contributed by atoms with Crippen LogP contribution in [0.25, 0.3) is 0 Å². The zero-order valence-electron chi connectivity index (χ0n) is 17.8. The van der Waals surface area contributed by atoms with Crippen molar-refractivity contribution < 1.29 is 23.9 Å². The van der Waals surface area contributed by atoms with Gasteiger partial charge in [-0.1, -0.05) is 20.8 Å². The quantitative estimate of drug-likeness (QED) is 0.603. The van der Waals surface area contributed by atoms with Crippen LogP contribution in [0.1, 0.15) is 56.8 Å². The molecule has 1 aromatic carbocycles. The third kappa shape index (κ3) is 3.95. The molecule has 7 nitrogen and oxygen atoms in total. The highest BCUT2D eigenvalue weighted by atomic mass is 16.5. The molecule has 1 N–H and O–H groups in total. The maximum atomic E-state index is 13.1. The fourth-order valence-electron chi connectivity index (χ4n) is 4.40. The van der Waals surface area contributed by atoms with E-state index in [9.17, 15) is 14.4 Å². The Morgan fingerprint density at radius 1 is 1.17 bits per heavy atom. The number of carbonyl (C=O) groups excluding carboxylic acids is 3. The van der Waals surface area contributed by atoms with Gasteiger partial charge in [0.25, 0.3) is 5.91 Å². The maximum Gasteiger partial charge on any atom is 0.325 e. The molecule has 2 fully saturated rings. The molecule has 2 aliphatic rings. The van der Waals surface area contributed by atoms with E-state index in [-0.39, 0.29) is 29.2 Å². The van der Waals surface area contributed by atoms with Gasteiger partial charge in [0.15, 0.2) is 5.78 Å². The van der Waals surface area contributed by atoms with Crippen molar-refractivity contribution in [3.05, 3.63) is 23.8 Å². The van der Waals surface area contributed by atoms with Gasteiger partial charge in [0.05, 0.1) is 26.3 Å². The SMILES string of the molecule is COc1ccc(OC)c(C(=O)CN2C(=O)NC3(CCC(C(C)(C)C)CC3)C2=O)c1. The molecule has 158 valence electrons. The number of carbonyl (C=O) groups is 3. The third-order valence-electron chi connectivity index (χ3n) is 6.32. The summed E-state index contributed by atoms with van der Waals surface area (Å²) in [4.78, 5) is 39.6. The van der Waals surface area contributed by atoms with Crippen molar-refractivity contribution in [1.82, 2.24) is 10.2 Å². The van der Waals surface area contributed by atoms with Crippen LogP contribution in [0.15, 0.2) is 18.2 Å². The molecule has 0 radical (unpaired) electrons. The van der Waals surface area contributed by atoms with Crippen LogP contribution < -0.4 is 14.8 Å². The van der Waals surface area contributed by atoms with Crippen LogP contribution in [0.3, 0.4) is 0 Å². The predicted octanol–water partition coefficient (Wildman–Crippen LogP) is 3.41. The first kappa shape index (κ1) is 21.1. The van der Waals surface area contributed by atoms with Gasteiger partial charge in [-0.15, -0.1) is 0 Å². The molecule has 3 amide bonds. The van der Waals surface area contributed by atoms with Gasteiger partial charge in [0.2, 0.25) is 0 Å². The zero-order chi connectivity index (χ0) is 21.4. The zero-order valence-corrected chi connectivity index (χ0v) is 17.8. The number of amides is 3. The van der Waals surface area contributed by atoms with Crippen molar-refractivity contribution in [3.8, 4) is 11.5 Å². The molecule has 29 heavy (non-hydrogen) atoms. The first-order valence-electron chi connectivity index (χ1n) is 10.0. The van der Waals surface area contributed by atoms with Gasteiger partial charge < -0.3 is 14.8 Å². The Morgan fingerprint density at radius 3 is 2.38 bits per heavy atom. The summed E-state index contributed by atoms with van der Waals surface area (Å²) in [5.41, 5.74) is -0.423. The van der Waals surface area contributed by atoms with Crippen molar-refractivity contribution in [2.75, 3.05) is 20.8 Å². The molecule has 1 aliphatic heterocycles. The van der Waals surface area contributed by atoms with Crippen molar-refractivity contribution in [2.24, 2.45) is 11.3 Å². The first-order valence-corrected chi connectivity index (χ1v) is 10.0. The topological polar surface area (TPSA) is 84.9 Å². The molecule has 1 saturated carbocycles. The molecule has 0 bridgehead atoms. The average Bonchev–Trinajstić information content (AvgIpc) is 2.91. The minimum Gasteiger partial charge on any atom is -0.497 e. The minimum absolute atomic E-state index is 0.172. The molecule has 7 heteroatoms. The molecule has 3 rings (SSSR count). The van der Waals surface area contributed by atoms with Crippen LogP contribution in [-0.4, -0.2) is 48.9 Å². The Labute approximate surface area is 171 Å². The Morgan fingerprint density at radius 2 is 1.83 bits per heavy atom. The summed E-state index contributed by atoms with van der Waals surface area (Å²) in [5.74, 6) is 0.718. The van der Waals surface area contributed by atoms with E-state index in [1.807, 2.05) is 0 Å². The summed E-state index contributed by atoms with van der Waals surface area (Å²) in [5, 5.41) is 2.88. The molecular weight excluding hydrogens is 372 g/mol. The normalized spacial score (nSPS) is 24.6. The van der Waals surface area contributed by atoms with Crippen molar-refractivity contribution >= 4 is 17.7 Å². The summed E-state index contributed by atoms with van der Waals surface area (Å²) in [6, 6.07) is 4.38. The molecule has 1 spiro atoms. The lowest BCUT2D eigenvalue weighted by Gasteiger charge is -2.40. The van der Waals surface area contributed by atoms with Gasteiger partial charge in [0, 0.05) is 0 Å². The van der Waals surface area contributed by atoms with Crippen LogP contribution in [0.4, 0.5) is 4.79 Å². The number of benzene rings is 1. The molecule has 1 saturated heterocycles. The summed E-state index contributed by atoms with van der Waals surface area (Å²) in [6.45, 7) is 6.30. The van der Waals surface area contributed by atoms with E-state index < -0.39 is 11.6 Å². The summed E-state index contributed by atoms with van der Waals surface area (Å²) in [6.07, 6.45) is 2.96. The van der Waals surface area contributed by atoms with Gasteiger partial charge in [0.1, 0.15) is 17.0 Å². The van der Waals surface area contributed by atoms with Gasteiger partial charge in [-0.3, -0.25) is 14.5 Å². The van der Waals surface area contributed by atoms with Crippen LogP contribution in [0, 0.1) is 11.3 Å². The number of urea groups is 1. The number of ether oxygens (including phenoxy) is 2. The molecule has 0 aromatic heterocycles. The summed E-state index contributed by atoms with van der Waals surface area (Å²) < 4.78 is 10.4. The smallest absolute Gasteiger partial charge is 0.325 e. The summed E-state index contributed by atoms with van der Waals surface area (Å²) in [7, 11) is 2.97. The van der Waals surface area contributed by atoms with E-state index in [1.165, 1.54) is 14.2 Å². The van der Waals surface area contributed by atoms with Crippen LogP contribution in [-0.2, 0) is 4.79 Å². The number of hydrogen-bond donors (Lipinski definition) is 1. The molecular formula is C22H30N2O5. The fraction of sp³-hybridized carbons (Fsp3) is 0.591. The lowest BCUT2D eigenvalue weighted by Crippen LogP contribution is -2.50. The van der Waals surface area contributed by atoms with E-state index in [0.717, 1.165) is 17.7 Å². The molecule has 1 heterocycles. The van der Waals surface area contributed by atoms with E-state index in [4.69, 9.17) is 9.47 Å². The predicted molar refractivity (Wildman–Crippen MR) is 108 cm³/mol. The molecule has 0 atom stereocenters. The monoisotopic (exact) mass is 402 g/mol. The van der Waals surface area contributed by atoms with Crippen molar-refractivity contribution in [2.45, 2.75) is 52.0 Å². The second-order valence-electron chi connectivity index (χ2n) is 9.03. The van der Waals surface area contributed by atoms with E-state index in [0.29, 0.717) is 30.3 Å². The highest BCUT2D eigenvalue weighted by molar-refractivity contribution is 6.11. The van der Waals surface area contributed by atoms with Gasteiger partial charge >= 0.3 is 6.03 Å². The number of methoxy groups -OCH3 is 2. The largest absolute Gasteiger partial charge is 0.497 e. The van der Waals surface area contributed by atoms with Crippen LogP contribution in [0.5, 0.6) is 11.5 Å². The van der Waals surface area contributed by atoms with Crippen molar-refractivity contribution in [1.29, 1.82) is 0 Å². The number of Topliss-reactive ketones (excluding diaryl/α,β-unsaturated/α-hetero) is 1. The number of nitrogens with one attached hydrogen (secondary N) is 1. The van der Waals surface area contributed by atoms with Crippen LogP contribution >= 0.6 is 0 Å². The fourth-order valence-corrected chi connectivity index (χ4v) is 4.40. The van der Waals surface area contributed by atoms with Gasteiger partial charge in [-0.25, -0.2) is 4.79 Å². The highest BCUT2D eigenvalue weighted by Crippen LogP contribution is 2.43. The first-order chi connectivity index (χ1) is 13.6. The van der Waals surface area contributed by atoms with Crippen LogP contribution in [0.2, 0.25) is 0 Å². The maximum absolute atomic E-state index is 13.1. The van der Waals surface area contributed by atoms with Crippen molar-refractivity contribution in [3.63, 3.8) is 0 Å². The standard InChI is InChI=1S/C22H30N2O5/c1-21(2,3)14-8-10-22(11-9-14)19(26)24(20(27)23-22)13-17(25)16-12-15(28-4)6-7-18(16)29-5/h6-7,12,14H,8-11,13H2,1-5H3,(H,23,27).